The molecule has 0 amide bonds. The van der Waals surface area contributed by atoms with Crippen LogP contribution in [0, 0.1) is 0 Å². The highest BCUT2D eigenvalue weighted by Gasteiger charge is 2.24. The Kier molecular flexibility index (Phi) is 4.26. The fourth-order valence-electron chi connectivity index (χ4n) is 1.82. The molecule has 2 atom stereocenters. The zero-order valence-electron chi connectivity index (χ0n) is 9.52. The van der Waals surface area contributed by atoms with Gasteiger partial charge in [-0.2, -0.15) is 0 Å². The van der Waals surface area contributed by atoms with Gasteiger partial charge in [0.05, 0.1) is 5.60 Å². The van der Waals surface area contributed by atoms with E-state index in [2.05, 4.69) is 0 Å². The fourth-order valence-corrected chi connectivity index (χ4v) is 1.82. The second-order valence-corrected chi connectivity index (χ2v) is 4.32. The highest BCUT2D eigenvalue weighted by Crippen LogP contribution is 2.26. The van der Waals surface area contributed by atoms with Crippen LogP contribution in [0.3, 0.4) is 0 Å². The summed E-state index contributed by atoms with van der Waals surface area (Å²) in [7, 11) is 0. The third-order valence-electron chi connectivity index (χ3n) is 2.78. The first kappa shape index (κ1) is 12.9. The lowest BCUT2D eigenvalue weighted by Crippen LogP contribution is -2.31. The van der Waals surface area contributed by atoms with Crippen LogP contribution in [0.5, 0.6) is 0 Å². The number of carboxylic acids is 1. The van der Waals surface area contributed by atoms with Gasteiger partial charge in [-0.1, -0.05) is 31.6 Å². The molecule has 0 fully saturated rings. The van der Waals surface area contributed by atoms with Gasteiger partial charge in [0.1, 0.15) is 6.04 Å². The quantitative estimate of drug-likeness (QED) is 0.656. The number of carboxylic acid groups (broad SMARTS) is 1. The average Bonchev–Trinajstić information content (AvgIpc) is 2.22. The number of nitrogens with two attached hydrogens (primary N) is 1. The third-order valence-corrected chi connectivity index (χ3v) is 2.78. The molecule has 0 saturated heterocycles. The molecular formula is C12H19NO3. The van der Waals surface area contributed by atoms with Crippen molar-refractivity contribution in [1.82, 2.24) is 0 Å². The molecule has 0 aromatic carbocycles. The van der Waals surface area contributed by atoms with Crippen molar-refractivity contribution < 1.29 is 15.0 Å². The van der Waals surface area contributed by atoms with E-state index in [0.717, 1.165) is 18.4 Å². The maximum absolute atomic E-state index is 10.6. The molecule has 0 aromatic rings. The van der Waals surface area contributed by atoms with Gasteiger partial charge in [0.25, 0.3) is 0 Å². The van der Waals surface area contributed by atoms with Crippen molar-refractivity contribution in [2.75, 3.05) is 0 Å². The highest BCUT2D eigenvalue weighted by atomic mass is 16.4. The standard InChI is InChI=1S/C12H19NO3/c1-2-5-12(16)6-3-9(4-7-12)8-10(13)11(14)15/h3-4,6,10,16H,2,5,7-8,13H2,1H3,(H,14,15)/t10-,12?/m0/s1. The first-order chi connectivity index (χ1) is 7.47. The molecule has 0 aromatic heterocycles. The van der Waals surface area contributed by atoms with Gasteiger partial charge in [-0.05, 0) is 24.8 Å². The Morgan fingerprint density at radius 1 is 1.69 bits per heavy atom. The summed E-state index contributed by atoms with van der Waals surface area (Å²) in [4.78, 5) is 10.6. The van der Waals surface area contributed by atoms with Gasteiger partial charge in [-0.15, -0.1) is 0 Å². The minimum Gasteiger partial charge on any atom is -0.480 e. The minimum atomic E-state index is -0.997. The molecule has 4 N–H and O–H groups in total. The van der Waals surface area contributed by atoms with Gasteiger partial charge in [-0.3, -0.25) is 4.79 Å². The van der Waals surface area contributed by atoms with Gasteiger partial charge in [0.2, 0.25) is 0 Å². The molecule has 16 heavy (non-hydrogen) atoms. The lowest BCUT2D eigenvalue weighted by Gasteiger charge is -2.26. The third kappa shape index (κ3) is 3.47. The van der Waals surface area contributed by atoms with E-state index in [-0.39, 0.29) is 0 Å². The van der Waals surface area contributed by atoms with Crippen LogP contribution in [0.4, 0.5) is 0 Å². The van der Waals surface area contributed by atoms with E-state index in [1.54, 1.807) is 12.2 Å². The van der Waals surface area contributed by atoms with Crippen LogP contribution < -0.4 is 5.73 Å². The SMILES string of the molecule is CCCC1(O)C=CC(C[C@H](N)C(=O)O)=CC1. The monoisotopic (exact) mass is 225 g/mol. The van der Waals surface area contributed by atoms with Crippen LogP contribution >= 0.6 is 0 Å². The van der Waals surface area contributed by atoms with Crippen LogP contribution in [-0.2, 0) is 4.79 Å². The Balaban J connectivity index is 2.54. The molecule has 1 unspecified atom stereocenters. The van der Waals surface area contributed by atoms with Gasteiger partial charge in [-0.25, -0.2) is 0 Å². The predicted octanol–water partition coefficient (Wildman–Crippen LogP) is 1.21. The van der Waals surface area contributed by atoms with Crippen LogP contribution in [0.2, 0.25) is 0 Å². The van der Waals surface area contributed by atoms with Crippen LogP contribution in [0.15, 0.2) is 23.8 Å². The summed E-state index contributed by atoms with van der Waals surface area (Å²) < 4.78 is 0. The summed E-state index contributed by atoms with van der Waals surface area (Å²) in [6.07, 6.45) is 7.89. The molecular weight excluding hydrogens is 206 g/mol. The Morgan fingerprint density at radius 2 is 2.38 bits per heavy atom. The highest BCUT2D eigenvalue weighted by molar-refractivity contribution is 5.73. The molecule has 0 saturated carbocycles. The largest absolute Gasteiger partial charge is 0.480 e. The van der Waals surface area contributed by atoms with Crippen LogP contribution in [0.1, 0.15) is 32.6 Å². The first-order valence-corrected chi connectivity index (χ1v) is 5.56. The Hall–Kier alpha value is -1.13. The summed E-state index contributed by atoms with van der Waals surface area (Å²) in [5.41, 5.74) is 5.56. The fraction of sp³-hybridized carbons (Fsp3) is 0.583. The van der Waals surface area contributed by atoms with Crippen molar-refractivity contribution in [3.05, 3.63) is 23.8 Å². The van der Waals surface area contributed by atoms with E-state index in [1.165, 1.54) is 0 Å². The van der Waals surface area contributed by atoms with E-state index in [4.69, 9.17) is 10.8 Å². The van der Waals surface area contributed by atoms with Crippen molar-refractivity contribution in [1.29, 1.82) is 0 Å². The molecule has 0 spiro atoms. The zero-order chi connectivity index (χ0) is 12.2. The van der Waals surface area contributed by atoms with Gasteiger partial charge >= 0.3 is 5.97 Å². The molecule has 0 radical (unpaired) electrons. The summed E-state index contributed by atoms with van der Waals surface area (Å²) >= 11 is 0. The van der Waals surface area contributed by atoms with Gasteiger partial charge in [0, 0.05) is 0 Å². The number of rotatable bonds is 5. The summed E-state index contributed by atoms with van der Waals surface area (Å²) in [6, 6.07) is -0.867. The molecule has 1 rings (SSSR count). The normalized spacial score (nSPS) is 26.3. The molecule has 1 aliphatic rings. The van der Waals surface area contributed by atoms with Crippen molar-refractivity contribution >= 4 is 5.97 Å². The zero-order valence-corrected chi connectivity index (χ0v) is 9.52. The maximum atomic E-state index is 10.6. The lowest BCUT2D eigenvalue weighted by molar-refractivity contribution is -0.138. The Bertz CT molecular complexity index is 322. The molecule has 0 aliphatic heterocycles. The summed E-state index contributed by atoms with van der Waals surface area (Å²) in [5.74, 6) is -0.997. The molecule has 90 valence electrons. The number of hydrogen-bond donors (Lipinski definition) is 3. The van der Waals surface area contributed by atoms with Crippen molar-refractivity contribution in [2.24, 2.45) is 5.73 Å². The van der Waals surface area contributed by atoms with Crippen LogP contribution in [-0.4, -0.2) is 27.8 Å². The minimum absolute atomic E-state index is 0.314. The average molecular weight is 225 g/mol. The maximum Gasteiger partial charge on any atom is 0.320 e. The Labute approximate surface area is 95.5 Å². The lowest BCUT2D eigenvalue weighted by atomic mass is 9.87. The second-order valence-electron chi connectivity index (χ2n) is 4.32. The van der Waals surface area contributed by atoms with Crippen molar-refractivity contribution in [2.45, 2.75) is 44.2 Å². The van der Waals surface area contributed by atoms with Gasteiger partial charge in [0.15, 0.2) is 0 Å². The molecule has 0 bridgehead atoms. The summed E-state index contributed by atoms with van der Waals surface area (Å²) in [5, 5.41) is 18.7. The first-order valence-electron chi connectivity index (χ1n) is 5.56. The van der Waals surface area contributed by atoms with E-state index < -0.39 is 17.6 Å². The van der Waals surface area contributed by atoms with E-state index in [9.17, 15) is 9.90 Å². The molecule has 4 heteroatoms. The van der Waals surface area contributed by atoms with E-state index in [1.807, 2.05) is 13.0 Å². The Morgan fingerprint density at radius 3 is 2.81 bits per heavy atom. The summed E-state index contributed by atoms with van der Waals surface area (Å²) in [6.45, 7) is 2.02. The number of aliphatic hydroxyl groups is 1. The number of hydrogen-bond acceptors (Lipinski definition) is 3. The topological polar surface area (TPSA) is 83.5 Å². The van der Waals surface area contributed by atoms with E-state index in [0.29, 0.717) is 12.8 Å². The second kappa shape index (κ2) is 5.27. The predicted molar refractivity (Wildman–Crippen MR) is 61.9 cm³/mol. The van der Waals surface area contributed by atoms with Crippen LogP contribution in [0.25, 0.3) is 0 Å². The van der Waals surface area contributed by atoms with Gasteiger partial charge < -0.3 is 15.9 Å². The smallest absolute Gasteiger partial charge is 0.320 e. The van der Waals surface area contributed by atoms with Crippen molar-refractivity contribution in [3.63, 3.8) is 0 Å². The molecule has 4 nitrogen and oxygen atoms in total. The number of aliphatic carboxylic acids is 1. The molecule has 0 heterocycles. The van der Waals surface area contributed by atoms with Crippen molar-refractivity contribution in [3.8, 4) is 0 Å². The number of carbonyl (C=O) groups is 1. The molecule has 1 aliphatic carbocycles. The number of allylic oxidation sites excluding steroid dienone is 1. The van der Waals surface area contributed by atoms with E-state index >= 15 is 0 Å².